The van der Waals surface area contributed by atoms with Gasteiger partial charge in [-0.2, -0.15) is 0 Å². The Kier molecular flexibility index (Phi) is 3.93. The SMILES string of the molecule is COc1cc(OC)cc(C(=O)Nc2nc3ccccc3s2)c1. The molecule has 1 heterocycles. The molecule has 22 heavy (non-hydrogen) atoms. The molecule has 3 aromatic rings. The van der Waals surface area contributed by atoms with E-state index < -0.39 is 0 Å². The molecule has 0 fully saturated rings. The minimum Gasteiger partial charge on any atom is -0.497 e. The largest absolute Gasteiger partial charge is 0.497 e. The first-order valence-electron chi connectivity index (χ1n) is 6.59. The van der Waals surface area contributed by atoms with E-state index in [-0.39, 0.29) is 5.91 Å². The molecule has 1 aromatic heterocycles. The Hall–Kier alpha value is -2.60. The van der Waals surface area contributed by atoms with Gasteiger partial charge in [-0.25, -0.2) is 4.98 Å². The van der Waals surface area contributed by atoms with Crippen LogP contribution in [-0.2, 0) is 0 Å². The zero-order valence-corrected chi connectivity index (χ0v) is 12.9. The second-order valence-electron chi connectivity index (χ2n) is 4.54. The number of thiazole rings is 1. The Bertz CT molecular complexity index is 774. The number of para-hydroxylation sites is 1. The monoisotopic (exact) mass is 314 g/mol. The maximum Gasteiger partial charge on any atom is 0.257 e. The van der Waals surface area contributed by atoms with E-state index in [2.05, 4.69) is 10.3 Å². The number of fused-ring (bicyclic) bond motifs is 1. The van der Waals surface area contributed by atoms with Crippen molar-refractivity contribution < 1.29 is 14.3 Å². The van der Waals surface area contributed by atoms with Crippen molar-refractivity contribution in [2.75, 3.05) is 19.5 Å². The van der Waals surface area contributed by atoms with Crippen molar-refractivity contribution in [2.45, 2.75) is 0 Å². The van der Waals surface area contributed by atoms with Crippen LogP contribution in [-0.4, -0.2) is 25.1 Å². The molecule has 0 aliphatic heterocycles. The standard InChI is InChI=1S/C16H14N2O3S/c1-20-11-7-10(8-12(9-11)21-2)15(19)18-16-17-13-5-3-4-6-14(13)22-16/h3-9H,1-2H3,(H,17,18,19). The van der Waals surface area contributed by atoms with Crippen LogP contribution in [0, 0.1) is 0 Å². The number of hydrogen-bond donors (Lipinski definition) is 1. The van der Waals surface area contributed by atoms with E-state index in [1.807, 2.05) is 24.3 Å². The Labute approximate surface area is 131 Å². The molecule has 3 rings (SSSR count). The van der Waals surface area contributed by atoms with Crippen molar-refractivity contribution in [1.29, 1.82) is 0 Å². The van der Waals surface area contributed by atoms with Crippen LogP contribution in [0.25, 0.3) is 10.2 Å². The van der Waals surface area contributed by atoms with E-state index in [0.29, 0.717) is 22.2 Å². The zero-order chi connectivity index (χ0) is 15.5. The lowest BCUT2D eigenvalue weighted by Crippen LogP contribution is -2.12. The van der Waals surface area contributed by atoms with Crippen molar-refractivity contribution in [3.8, 4) is 11.5 Å². The number of benzene rings is 2. The second kappa shape index (κ2) is 6.03. The quantitative estimate of drug-likeness (QED) is 0.800. The van der Waals surface area contributed by atoms with Gasteiger partial charge in [-0.15, -0.1) is 0 Å². The Morgan fingerprint density at radius 2 is 1.77 bits per heavy atom. The van der Waals surface area contributed by atoms with Crippen LogP contribution in [0.3, 0.4) is 0 Å². The van der Waals surface area contributed by atoms with Gasteiger partial charge in [0, 0.05) is 11.6 Å². The first-order valence-corrected chi connectivity index (χ1v) is 7.41. The maximum absolute atomic E-state index is 12.4. The average molecular weight is 314 g/mol. The summed E-state index contributed by atoms with van der Waals surface area (Å²) in [5.41, 5.74) is 1.32. The summed E-state index contributed by atoms with van der Waals surface area (Å²) in [6.07, 6.45) is 0. The number of carbonyl (C=O) groups excluding carboxylic acids is 1. The molecular weight excluding hydrogens is 300 g/mol. The molecule has 0 unspecified atom stereocenters. The summed E-state index contributed by atoms with van der Waals surface area (Å²) in [6, 6.07) is 12.8. The van der Waals surface area contributed by atoms with Gasteiger partial charge in [0.15, 0.2) is 5.13 Å². The lowest BCUT2D eigenvalue weighted by Gasteiger charge is -2.07. The molecule has 0 saturated heterocycles. The predicted octanol–water partition coefficient (Wildman–Crippen LogP) is 3.57. The number of rotatable bonds is 4. The van der Waals surface area contributed by atoms with E-state index >= 15 is 0 Å². The fourth-order valence-corrected chi connectivity index (χ4v) is 2.89. The zero-order valence-electron chi connectivity index (χ0n) is 12.1. The first kappa shape index (κ1) is 14.3. The summed E-state index contributed by atoms with van der Waals surface area (Å²) in [5.74, 6) is 0.874. The predicted molar refractivity (Wildman–Crippen MR) is 87.1 cm³/mol. The third kappa shape index (κ3) is 2.87. The van der Waals surface area contributed by atoms with Crippen molar-refractivity contribution in [3.63, 3.8) is 0 Å². The van der Waals surface area contributed by atoms with E-state index in [1.54, 1.807) is 32.4 Å². The minimum atomic E-state index is -0.253. The highest BCUT2D eigenvalue weighted by atomic mass is 32.1. The number of carbonyl (C=O) groups is 1. The molecule has 0 saturated carbocycles. The van der Waals surface area contributed by atoms with Gasteiger partial charge in [0.25, 0.3) is 5.91 Å². The van der Waals surface area contributed by atoms with Crippen molar-refractivity contribution >= 4 is 32.6 Å². The number of methoxy groups -OCH3 is 2. The van der Waals surface area contributed by atoms with Crippen molar-refractivity contribution in [3.05, 3.63) is 48.0 Å². The number of aromatic nitrogens is 1. The summed E-state index contributed by atoms with van der Waals surface area (Å²) < 4.78 is 11.4. The fourth-order valence-electron chi connectivity index (χ4n) is 2.03. The molecule has 0 spiro atoms. The average Bonchev–Trinajstić information content (AvgIpc) is 2.96. The van der Waals surface area contributed by atoms with Crippen molar-refractivity contribution in [2.24, 2.45) is 0 Å². The summed E-state index contributed by atoms with van der Waals surface area (Å²) >= 11 is 1.43. The topological polar surface area (TPSA) is 60.5 Å². The normalized spacial score (nSPS) is 10.5. The van der Waals surface area contributed by atoms with Crippen LogP contribution < -0.4 is 14.8 Å². The minimum absolute atomic E-state index is 0.253. The van der Waals surface area contributed by atoms with E-state index in [1.165, 1.54) is 11.3 Å². The lowest BCUT2D eigenvalue weighted by atomic mass is 10.2. The number of ether oxygens (including phenoxy) is 2. The smallest absolute Gasteiger partial charge is 0.257 e. The maximum atomic E-state index is 12.4. The third-order valence-corrected chi connectivity index (χ3v) is 4.08. The van der Waals surface area contributed by atoms with Gasteiger partial charge in [-0.3, -0.25) is 10.1 Å². The molecule has 6 heteroatoms. The first-order chi connectivity index (χ1) is 10.7. The van der Waals surface area contributed by atoms with Crippen LogP contribution in [0.5, 0.6) is 11.5 Å². The van der Waals surface area contributed by atoms with Gasteiger partial charge in [0.1, 0.15) is 11.5 Å². The Balaban J connectivity index is 1.87. The summed E-state index contributed by atoms with van der Waals surface area (Å²) in [7, 11) is 3.09. The molecule has 0 aliphatic rings. The lowest BCUT2D eigenvalue weighted by molar-refractivity contribution is 0.102. The highest BCUT2D eigenvalue weighted by molar-refractivity contribution is 7.22. The number of nitrogens with one attached hydrogen (secondary N) is 1. The van der Waals surface area contributed by atoms with Crippen LogP contribution in [0.2, 0.25) is 0 Å². The Morgan fingerprint density at radius 3 is 2.41 bits per heavy atom. The highest BCUT2D eigenvalue weighted by Crippen LogP contribution is 2.27. The number of amides is 1. The van der Waals surface area contributed by atoms with Gasteiger partial charge < -0.3 is 9.47 Å². The molecule has 2 aromatic carbocycles. The van der Waals surface area contributed by atoms with Gasteiger partial charge in [0.05, 0.1) is 24.4 Å². The van der Waals surface area contributed by atoms with E-state index in [0.717, 1.165) is 10.2 Å². The fraction of sp³-hybridized carbons (Fsp3) is 0.125. The molecular formula is C16H14N2O3S. The number of anilines is 1. The molecule has 0 bridgehead atoms. The van der Waals surface area contributed by atoms with Crippen LogP contribution >= 0.6 is 11.3 Å². The van der Waals surface area contributed by atoms with Crippen LogP contribution in [0.1, 0.15) is 10.4 Å². The summed E-state index contributed by atoms with van der Waals surface area (Å²) in [4.78, 5) is 16.8. The highest BCUT2D eigenvalue weighted by Gasteiger charge is 2.12. The van der Waals surface area contributed by atoms with Gasteiger partial charge in [-0.05, 0) is 24.3 Å². The molecule has 5 nitrogen and oxygen atoms in total. The molecule has 1 N–H and O–H groups in total. The van der Waals surface area contributed by atoms with Crippen LogP contribution in [0.4, 0.5) is 5.13 Å². The van der Waals surface area contributed by atoms with Gasteiger partial charge in [0.2, 0.25) is 0 Å². The van der Waals surface area contributed by atoms with Gasteiger partial charge in [-0.1, -0.05) is 23.5 Å². The summed E-state index contributed by atoms with van der Waals surface area (Å²) in [5, 5.41) is 3.37. The van der Waals surface area contributed by atoms with Gasteiger partial charge >= 0.3 is 0 Å². The molecule has 0 radical (unpaired) electrons. The van der Waals surface area contributed by atoms with E-state index in [9.17, 15) is 4.79 Å². The third-order valence-electron chi connectivity index (χ3n) is 3.13. The van der Waals surface area contributed by atoms with Crippen molar-refractivity contribution in [1.82, 2.24) is 4.98 Å². The summed E-state index contributed by atoms with van der Waals surface area (Å²) in [6.45, 7) is 0. The molecule has 0 aliphatic carbocycles. The van der Waals surface area contributed by atoms with Crippen LogP contribution in [0.15, 0.2) is 42.5 Å². The Morgan fingerprint density at radius 1 is 1.09 bits per heavy atom. The molecule has 1 amide bonds. The number of hydrogen-bond acceptors (Lipinski definition) is 5. The van der Waals surface area contributed by atoms with E-state index in [4.69, 9.17) is 9.47 Å². The second-order valence-corrected chi connectivity index (χ2v) is 5.57. The molecule has 0 atom stereocenters. The number of nitrogens with zero attached hydrogens (tertiary/aromatic N) is 1. The molecule has 112 valence electrons.